The van der Waals surface area contributed by atoms with Crippen LogP contribution in [-0.2, 0) is 19.1 Å². The fourth-order valence-corrected chi connectivity index (χ4v) is 2.08. The van der Waals surface area contributed by atoms with E-state index in [0.29, 0.717) is 13.2 Å². The summed E-state index contributed by atoms with van der Waals surface area (Å²) in [6, 6.07) is 0. The molecule has 92 valence electrons. The summed E-state index contributed by atoms with van der Waals surface area (Å²) in [6.45, 7) is 2.39. The molecule has 0 aromatic heterocycles. The van der Waals surface area contributed by atoms with E-state index < -0.39 is 0 Å². The lowest BCUT2D eigenvalue weighted by atomic mass is 9.80. The SMILES string of the molecule is COCCOC(=O)C1CCC(C(C)=O)CC1. The summed E-state index contributed by atoms with van der Waals surface area (Å²) in [6.07, 6.45) is 3.19. The van der Waals surface area contributed by atoms with Gasteiger partial charge in [0.05, 0.1) is 12.5 Å². The van der Waals surface area contributed by atoms with E-state index in [4.69, 9.17) is 9.47 Å². The standard InChI is InChI=1S/C12H20O4/c1-9(13)10-3-5-11(6-4-10)12(14)16-8-7-15-2/h10-11H,3-8H2,1-2H3. The monoisotopic (exact) mass is 228 g/mol. The van der Waals surface area contributed by atoms with Gasteiger partial charge in [0.2, 0.25) is 0 Å². The Morgan fingerprint density at radius 2 is 1.62 bits per heavy atom. The summed E-state index contributed by atoms with van der Waals surface area (Å²) >= 11 is 0. The third-order valence-corrected chi connectivity index (χ3v) is 3.17. The van der Waals surface area contributed by atoms with Crippen LogP contribution in [0.2, 0.25) is 0 Å². The summed E-state index contributed by atoms with van der Waals surface area (Å²) < 4.78 is 9.87. The molecule has 16 heavy (non-hydrogen) atoms. The molecule has 0 unspecified atom stereocenters. The van der Waals surface area contributed by atoms with Gasteiger partial charge in [0.15, 0.2) is 0 Å². The highest BCUT2D eigenvalue weighted by Gasteiger charge is 2.28. The van der Waals surface area contributed by atoms with Crippen molar-refractivity contribution in [2.24, 2.45) is 11.8 Å². The van der Waals surface area contributed by atoms with Gasteiger partial charge in [-0.3, -0.25) is 9.59 Å². The molecule has 0 amide bonds. The third-order valence-electron chi connectivity index (χ3n) is 3.17. The van der Waals surface area contributed by atoms with Crippen LogP contribution in [0.25, 0.3) is 0 Å². The van der Waals surface area contributed by atoms with Crippen LogP contribution >= 0.6 is 0 Å². The molecule has 0 aliphatic heterocycles. The molecule has 1 saturated carbocycles. The molecule has 1 aliphatic rings. The van der Waals surface area contributed by atoms with Crippen LogP contribution in [0.4, 0.5) is 0 Å². The number of ether oxygens (including phenoxy) is 2. The van der Waals surface area contributed by atoms with Crippen molar-refractivity contribution in [2.45, 2.75) is 32.6 Å². The van der Waals surface area contributed by atoms with Gasteiger partial charge < -0.3 is 9.47 Å². The van der Waals surface area contributed by atoms with Crippen LogP contribution < -0.4 is 0 Å². The topological polar surface area (TPSA) is 52.6 Å². The van der Waals surface area contributed by atoms with Crippen LogP contribution in [0.15, 0.2) is 0 Å². The van der Waals surface area contributed by atoms with Crippen molar-refractivity contribution in [1.29, 1.82) is 0 Å². The van der Waals surface area contributed by atoms with Gasteiger partial charge >= 0.3 is 5.97 Å². The van der Waals surface area contributed by atoms with Crippen LogP contribution in [-0.4, -0.2) is 32.1 Å². The molecule has 0 N–H and O–H groups in total. The summed E-state index contributed by atoms with van der Waals surface area (Å²) in [4.78, 5) is 22.7. The maximum Gasteiger partial charge on any atom is 0.309 e. The second kappa shape index (κ2) is 6.63. The Kier molecular flexibility index (Phi) is 5.46. The lowest BCUT2D eigenvalue weighted by Gasteiger charge is -2.25. The number of carbonyl (C=O) groups is 2. The molecule has 0 bridgehead atoms. The van der Waals surface area contributed by atoms with E-state index in [1.54, 1.807) is 14.0 Å². The average Bonchev–Trinajstić information content (AvgIpc) is 2.29. The van der Waals surface area contributed by atoms with Gasteiger partial charge in [-0.05, 0) is 32.6 Å². The highest BCUT2D eigenvalue weighted by molar-refractivity contribution is 5.79. The van der Waals surface area contributed by atoms with Gasteiger partial charge in [0.1, 0.15) is 12.4 Å². The minimum absolute atomic E-state index is 0.0209. The van der Waals surface area contributed by atoms with Gasteiger partial charge in [0, 0.05) is 13.0 Å². The molecule has 1 fully saturated rings. The lowest BCUT2D eigenvalue weighted by Crippen LogP contribution is -2.27. The largest absolute Gasteiger partial charge is 0.463 e. The maximum absolute atomic E-state index is 11.6. The highest BCUT2D eigenvalue weighted by atomic mass is 16.6. The van der Waals surface area contributed by atoms with Crippen molar-refractivity contribution < 1.29 is 19.1 Å². The second-order valence-electron chi connectivity index (χ2n) is 4.32. The Morgan fingerprint density at radius 1 is 1.06 bits per heavy atom. The molecule has 4 nitrogen and oxygen atoms in total. The van der Waals surface area contributed by atoms with Crippen LogP contribution in [0, 0.1) is 11.8 Å². The molecular weight excluding hydrogens is 208 g/mol. The Morgan fingerprint density at radius 3 is 2.12 bits per heavy atom. The fourth-order valence-electron chi connectivity index (χ4n) is 2.08. The summed E-state index contributed by atoms with van der Waals surface area (Å²) in [5.74, 6) is 0.237. The van der Waals surface area contributed by atoms with E-state index in [0.717, 1.165) is 25.7 Å². The van der Waals surface area contributed by atoms with E-state index in [2.05, 4.69) is 0 Å². The van der Waals surface area contributed by atoms with Crippen molar-refractivity contribution in [3.63, 3.8) is 0 Å². The van der Waals surface area contributed by atoms with Crippen molar-refractivity contribution in [1.82, 2.24) is 0 Å². The number of hydrogen-bond acceptors (Lipinski definition) is 4. The van der Waals surface area contributed by atoms with Crippen LogP contribution in [0.5, 0.6) is 0 Å². The Bertz CT molecular complexity index is 241. The third kappa shape index (κ3) is 3.93. The van der Waals surface area contributed by atoms with E-state index in [1.807, 2.05) is 0 Å². The number of ketones is 1. The molecule has 0 aromatic carbocycles. The molecule has 0 atom stereocenters. The van der Waals surface area contributed by atoms with Crippen molar-refractivity contribution in [2.75, 3.05) is 20.3 Å². The fraction of sp³-hybridized carbons (Fsp3) is 0.833. The molecular formula is C12H20O4. The number of esters is 1. The first-order valence-electron chi connectivity index (χ1n) is 5.81. The average molecular weight is 228 g/mol. The second-order valence-corrected chi connectivity index (χ2v) is 4.32. The smallest absolute Gasteiger partial charge is 0.309 e. The Balaban J connectivity index is 2.25. The number of Topliss-reactive ketones (excluding diaryl/α,β-unsaturated/α-hetero) is 1. The molecule has 0 spiro atoms. The van der Waals surface area contributed by atoms with Gasteiger partial charge in [-0.1, -0.05) is 0 Å². The first-order chi connectivity index (χ1) is 7.65. The zero-order chi connectivity index (χ0) is 12.0. The molecule has 0 aromatic rings. The van der Waals surface area contributed by atoms with Crippen molar-refractivity contribution >= 4 is 11.8 Å². The van der Waals surface area contributed by atoms with Gasteiger partial charge in [-0.15, -0.1) is 0 Å². The first-order valence-corrected chi connectivity index (χ1v) is 5.81. The van der Waals surface area contributed by atoms with Crippen LogP contribution in [0.1, 0.15) is 32.6 Å². The van der Waals surface area contributed by atoms with E-state index >= 15 is 0 Å². The lowest BCUT2D eigenvalue weighted by molar-refractivity contribution is -0.151. The molecule has 1 aliphatic carbocycles. The van der Waals surface area contributed by atoms with Gasteiger partial charge in [-0.2, -0.15) is 0 Å². The summed E-state index contributed by atoms with van der Waals surface area (Å²) in [7, 11) is 1.58. The summed E-state index contributed by atoms with van der Waals surface area (Å²) in [5, 5.41) is 0. The van der Waals surface area contributed by atoms with E-state index in [-0.39, 0.29) is 23.6 Å². The normalized spacial score (nSPS) is 25.1. The zero-order valence-corrected chi connectivity index (χ0v) is 10.0. The molecule has 0 saturated heterocycles. The molecule has 0 radical (unpaired) electrons. The number of rotatable bonds is 5. The Labute approximate surface area is 96.3 Å². The van der Waals surface area contributed by atoms with Crippen molar-refractivity contribution in [3.05, 3.63) is 0 Å². The predicted molar refractivity (Wildman–Crippen MR) is 59.0 cm³/mol. The maximum atomic E-state index is 11.6. The molecule has 0 heterocycles. The number of carbonyl (C=O) groups excluding carboxylic acids is 2. The van der Waals surface area contributed by atoms with E-state index in [9.17, 15) is 9.59 Å². The quantitative estimate of drug-likeness (QED) is 0.529. The van der Waals surface area contributed by atoms with Gasteiger partial charge in [-0.25, -0.2) is 0 Å². The zero-order valence-electron chi connectivity index (χ0n) is 10.0. The number of hydrogen-bond donors (Lipinski definition) is 0. The van der Waals surface area contributed by atoms with E-state index in [1.165, 1.54) is 0 Å². The minimum atomic E-state index is -0.140. The summed E-state index contributed by atoms with van der Waals surface area (Å²) in [5.41, 5.74) is 0. The molecule has 1 rings (SSSR count). The molecule has 4 heteroatoms. The predicted octanol–water partition coefficient (Wildman–Crippen LogP) is 1.57. The van der Waals surface area contributed by atoms with Crippen LogP contribution in [0.3, 0.4) is 0 Å². The highest BCUT2D eigenvalue weighted by Crippen LogP contribution is 2.29. The number of methoxy groups -OCH3 is 1. The first kappa shape index (κ1) is 13.2. The Hall–Kier alpha value is -0.900. The minimum Gasteiger partial charge on any atom is -0.463 e. The van der Waals surface area contributed by atoms with Crippen molar-refractivity contribution in [3.8, 4) is 0 Å². The van der Waals surface area contributed by atoms with Gasteiger partial charge in [0.25, 0.3) is 0 Å².